The average Bonchev–Trinajstić information content (AvgIpc) is 2.75. The highest BCUT2D eigenvalue weighted by atomic mass is 35.5. The van der Waals surface area contributed by atoms with Crippen LogP contribution >= 0.6 is 23.2 Å². The van der Waals surface area contributed by atoms with Crippen molar-refractivity contribution >= 4 is 35.0 Å². The number of halogens is 2. The lowest BCUT2D eigenvalue weighted by Gasteiger charge is -2.36. The van der Waals surface area contributed by atoms with Crippen molar-refractivity contribution in [2.75, 3.05) is 19.6 Å². The summed E-state index contributed by atoms with van der Waals surface area (Å²) in [4.78, 5) is 29.9. The number of nitrogens with zero attached hydrogens (tertiary/aromatic N) is 2. The van der Waals surface area contributed by atoms with Crippen LogP contribution in [0.4, 0.5) is 0 Å². The van der Waals surface area contributed by atoms with Crippen molar-refractivity contribution in [2.24, 2.45) is 0 Å². The molecule has 1 aliphatic rings. The molecule has 6 heteroatoms. The van der Waals surface area contributed by atoms with Crippen LogP contribution in [0.15, 0.2) is 42.5 Å². The van der Waals surface area contributed by atoms with Gasteiger partial charge in [-0.2, -0.15) is 0 Å². The van der Waals surface area contributed by atoms with Gasteiger partial charge in [-0.05, 0) is 49.1 Å². The molecule has 0 saturated carbocycles. The zero-order chi connectivity index (χ0) is 21.7. The number of fused-ring (bicyclic) bond motifs is 1. The van der Waals surface area contributed by atoms with Crippen LogP contribution in [0.5, 0.6) is 0 Å². The first-order valence-corrected chi connectivity index (χ1v) is 11.3. The first-order chi connectivity index (χ1) is 14.4. The Morgan fingerprint density at radius 1 is 1.10 bits per heavy atom. The van der Waals surface area contributed by atoms with Crippen LogP contribution in [-0.2, 0) is 11.2 Å². The molecule has 0 radical (unpaired) electrons. The number of carbonyl (C=O) groups is 2. The lowest BCUT2D eigenvalue weighted by molar-refractivity contribution is -0.134. The highest BCUT2D eigenvalue weighted by Gasteiger charge is 2.29. The molecule has 2 amide bonds. The van der Waals surface area contributed by atoms with Gasteiger partial charge < -0.3 is 9.80 Å². The molecule has 1 aliphatic heterocycles. The molecule has 0 aromatic heterocycles. The van der Waals surface area contributed by atoms with Crippen LogP contribution in [-0.4, -0.2) is 41.2 Å². The third kappa shape index (κ3) is 5.16. The van der Waals surface area contributed by atoms with E-state index in [9.17, 15) is 9.59 Å². The van der Waals surface area contributed by atoms with Crippen LogP contribution in [0, 0.1) is 0 Å². The molecule has 1 atom stereocenters. The van der Waals surface area contributed by atoms with Crippen LogP contribution < -0.4 is 0 Å². The van der Waals surface area contributed by atoms with Gasteiger partial charge in [-0.1, -0.05) is 67.2 Å². The summed E-state index contributed by atoms with van der Waals surface area (Å²) in [5.41, 5.74) is 2.93. The van der Waals surface area contributed by atoms with Crippen molar-refractivity contribution in [1.29, 1.82) is 0 Å². The Labute approximate surface area is 188 Å². The predicted molar refractivity (Wildman–Crippen MR) is 122 cm³/mol. The second-order valence-corrected chi connectivity index (χ2v) is 8.59. The first kappa shape index (κ1) is 22.6. The van der Waals surface area contributed by atoms with Crippen LogP contribution in [0.3, 0.4) is 0 Å². The van der Waals surface area contributed by atoms with Gasteiger partial charge >= 0.3 is 0 Å². The molecule has 1 unspecified atom stereocenters. The van der Waals surface area contributed by atoms with E-state index in [-0.39, 0.29) is 24.4 Å². The molecule has 0 aliphatic carbocycles. The minimum Gasteiger partial charge on any atom is -0.334 e. The third-order valence-electron chi connectivity index (χ3n) is 5.73. The molecule has 0 fully saturated rings. The third-order valence-corrected chi connectivity index (χ3v) is 6.47. The summed E-state index contributed by atoms with van der Waals surface area (Å²) >= 11 is 12.1. The van der Waals surface area contributed by atoms with Crippen molar-refractivity contribution in [3.05, 3.63) is 69.2 Å². The van der Waals surface area contributed by atoms with E-state index in [1.807, 2.05) is 17.0 Å². The number of carbonyl (C=O) groups excluding carboxylic acids is 2. The number of hydrogen-bond acceptors (Lipinski definition) is 2. The molecule has 0 spiro atoms. The van der Waals surface area contributed by atoms with Crippen molar-refractivity contribution in [1.82, 2.24) is 9.80 Å². The molecular weight excluding hydrogens is 419 g/mol. The summed E-state index contributed by atoms with van der Waals surface area (Å²) in [5, 5.41) is 0.742. The second-order valence-electron chi connectivity index (χ2n) is 7.77. The summed E-state index contributed by atoms with van der Waals surface area (Å²) in [7, 11) is 0. The van der Waals surface area contributed by atoms with Gasteiger partial charge in [0.1, 0.15) is 6.54 Å². The van der Waals surface area contributed by atoms with Crippen molar-refractivity contribution in [3.63, 3.8) is 0 Å². The molecule has 1 heterocycles. The second kappa shape index (κ2) is 10.3. The van der Waals surface area contributed by atoms with Crippen molar-refractivity contribution in [3.8, 4) is 0 Å². The Kier molecular flexibility index (Phi) is 7.79. The highest BCUT2D eigenvalue weighted by Crippen LogP contribution is 2.29. The van der Waals surface area contributed by atoms with E-state index in [0.717, 1.165) is 25.7 Å². The van der Waals surface area contributed by atoms with E-state index >= 15 is 0 Å². The molecule has 160 valence electrons. The van der Waals surface area contributed by atoms with E-state index in [1.165, 1.54) is 11.1 Å². The summed E-state index contributed by atoms with van der Waals surface area (Å²) < 4.78 is 0. The molecule has 2 aromatic rings. The van der Waals surface area contributed by atoms with E-state index < -0.39 is 0 Å². The molecule has 0 N–H and O–H groups in total. The van der Waals surface area contributed by atoms with Gasteiger partial charge in [-0.3, -0.25) is 9.59 Å². The van der Waals surface area contributed by atoms with Gasteiger partial charge in [-0.25, -0.2) is 0 Å². The minimum atomic E-state index is -0.192. The zero-order valence-electron chi connectivity index (χ0n) is 17.5. The predicted octanol–water partition coefficient (Wildman–Crippen LogP) is 5.77. The lowest BCUT2D eigenvalue weighted by Crippen LogP contribution is -2.46. The van der Waals surface area contributed by atoms with Crippen molar-refractivity contribution < 1.29 is 9.59 Å². The quantitative estimate of drug-likeness (QED) is 0.506. The average molecular weight is 447 g/mol. The molecule has 30 heavy (non-hydrogen) atoms. The largest absolute Gasteiger partial charge is 0.334 e. The van der Waals surface area contributed by atoms with Crippen LogP contribution in [0.2, 0.25) is 10.0 Å². The van der Waals surface area contributed by atoms with E-state index in [2.05, 4.69) is 26.0 Å². The fourth-order valence-electron chi connectivity index (χ4n) is 3.98. The molecule has 0 bridgehead atoms. The summed E-state index contributed by atoms with van der Waals surface area (Å²) in [6, 6.07) is 13.1. The number of benzene rings is 2. The molecule has 3 rings (SSSR count). The zero-order valence-corrected chi connectivity index (χ0v) is 19.0. The SMILES string of the molecule is CCCCCN(CC(=O)N1CCc2ccccc2C1C)C(=O)c1ccc(Cl)c(Cl)c1. The Bertz CT molecular complexity index is 916. The number of amides is 2. The standard InChI is InChI=1S/C24H28Cl2N2O2/c1-3-4-7-13-27(24(30)19-10-11-21(25)22(26)15-19)16-23(29)28-14-12-18-8-5-6-9-20(18)17(28)2/h5-6,8-11,15,17H,3-4,7,12-14,16H2,1-2H3. The van der Waals surface area contributed by atoms with Gasteiger partial charge in [0.05, 0.1) is 16.1 Å². The van der Waals surface area contributed by atoms with Gasteiger partial charge in [-0.15, -0.1) is 0 Å². The van der Waals surface area contributed by atoms with Gasteiger partial charge in [0.25, 0.3) is 5.91 Å². The van der Waals surface area contributed by atoms with E-state index in [1.54, 1.807) is 23.1 Å². The first-order valence-electron chi connectivity index (χ1n) is 10.5. The van der Waals surface area contributed by atoms with Crippen molar-refractivity contribution in [2.45, 2.75) is 45.6 Å². The Morgan fingerprint density at radius 2 is 1.87 bits per heavy atom. The summed E-state index contributed by atoms with van der Waals surface area (Å²) in [6.45, 7) is 5.44. The maximum absolute atomic E-state index is 13.2. The van der Waals surface area contributed by atoms with Crippen LogP contribution in [0.25, 0.3) is 0 Å². The van der Waals surface area contributed by atoms with E-state index in [0.29, 0.717) is 28.7 Å². The molecular formula is C24H28Cl2N2O2. The summed E-state index contributed by atoms with van der Waals surface area (Å²) in [5.74, 6) is -0.218. The minimum absolute atomic E-state index is 0.0000187. The summed E-state index contributed by atoms with van der Waals surface area (Å²) in [6.07, 6.45) is 3.74. The van der Waals surface area contributed by atoms with Gasteiger partial charge in [0, 0.05) is 18.7 Å². The van der Waals surface area contributed by atoms with Gasteiger partial charge in [0.2, 0.25) is 5.91 Å². The van der Waals surface area contributed by atoms with Crippen LogP contribution in [0.1, 0.15) is 60.6 Å². The van der Waals surface area contributed by atoms with Gasteiger partial charge in [0.15, 0.2) is 0 Å². The topological polar surface area (TPSA) is 40.6 Å². The van der Waals surface area contributed by atoms with E-state index in [4.69, 9.17) is 23.2 Å². The monoisotopic (exact) mass is 446 g/mol. The number of unbranched alkanes of at least 4 members (excludes halogenated alkanes) is 2. The number of rotatable bonds is 7. The molecule has 4 nitrogen and oxygen atoms in total. The Balaban J connectivity index is 1.76. The fourth-order valence-corrected chi connectivity index (χ4v) is 4.28. The lowest BCUT2D eigenvalue weighted by atomic mass is 9.93. The Morgan fingerprint density at radius 3 is 2.60 bits per heavy atom. The Hall–Kier alpha value is -2.04. The maximum atomic E-state index is 13.2. The maximum Gasteiger partial charge on any atom is 0.254 e. The smallest absolute Gasteiger partial charge is 0.254 e. The number of hydrogen-bond donors (Lipinski definition) is 0. The fraction of sp³-hybridized carbons (Fsp3) is 0.417. The normalized spacial score (nSPS) is 15.6. The molecule has 0 saturated heterocycles. The molecule has 2 aromatic carbocycles. The highest BCUT2D eigenvalue weighted by molar-refractivity contribution is 6.42.